The van der Waals surface area contributed by atoms with Gasteiger partial charge in [-0.3, -0.25) is 9.79 Å². The molecule has 1 N–H and O–H groups in total. The Hall–Kier alpha value is -2.24. The number of rotatable bonds is 6. The summed E-state index contributed by atoms with van der Waals surface area (Å²) in [6.45, 7) is 6.68. The first kappa shape index (κ1) is 20.1. The fourth-order valence-electron chi connectivity index (χ4n) is 3.37. The van der Waals surface area contributed by atoms with Gasteiger partial charge in [0.1, 0.15) is 5.75 Å². The van der Waals surface area contributed by atoms with Gasteiger partial charge in [0.15, 0.2) is 5.96 Å². The van der Waals surface area contributed by atoms with Crippen molar-refractivity contribution >= 4 is 11.9 Å². The number of esters is 1. The molecule has 1 unspecified atom stereocenters. The van der Waals surface area contributed by atoms with Gasteiger partial charge in [0.25, 0.3) is 0 Å². The summed E-state index contributed by atoms with van der Waals surface area (Å²) in [6.07, 6.45) is 2.70. The number of carbonyl (C=O) groups is 1. The van der Waals surface area contributed by atoms with E-state index in [-0.39, 0.29) is 11.9 Å². The Kier molecular flexibility index (Phi) is 7.75. The van der Waals surface area contributed by atoms with Crippen molar-refractivity contribution in [1.82, 2.24) is 10.2 Å². The lowest BCUT2D eigenvalue weighted by Gasteiger charge is -2.34. The molecule has 0 aliphatic carbocycles. The topological polar surface area (TPSA) is 63.2 Å². The zero-order valence-corrected chi connectivity index (χ0v) is 16.4. The maximum Gasteiger partial charge on any atom is 0.310 e. The number of nitrogens with zero attached hydrogens (tertiary/aromatic N) is 2. The zero-order valence-electron chi connectivity index (χ0n) is 16.4. The van der Waals surface area contributed by atoms with E-state index in [1.807, 2.05) is 13.0 Å². The summed E-state index contributed by atoms with van der Waals surface area (Å²) in [6, 6.07) is 6.22. The first-order chi connectivity index (χ1) is 12.6. The minimum absolute atomic E-state index is 0.0703. The van der Waals surface area contributed by atoms with Crippen molar-refractivity contribution in [1.29, 1.82) is 0 Å². The molecule has 26 heavy (non-hydrogen) atoms. The van der Waals surface area contributed by atoms with Gasteiger partial charge in [-0.2, -0.15) is 0 Å². The largest absolute Gasteiger partial charge is 0.496 e. The highest BCUT2D eigenvalue weighted by atomic mass is 16.5. The quantitative estimate of drug-likeness (QED) is 0.479. The summed E-state index contributed by atoms with van der Waals surface area (Å²) >= 11 is 0. The number of carbonyl (C=O) groups excluding carboxylic acids is 1. The molecular weight excluding hydrogens is 330 g/mol. The van der Waals surface area contributed by atoms with Crippen LogP contribution in [0, 0.1) is 12.8 Å². The van der Waals surface area contributed by atoms with Crippen molar-refractivity contribution in [2.75, 3.05) is 40.4 Å². The SMILES string of the molecule is CCOC(=O)C1CCCN(C(=NC)NCCc2cc(C)ccc2OC)C1. The number of hydrogen-bond donors (Lipinski definition) is 1. The predicted molar refractivity (Wildman–Crippen MR) is 104 cm³/mol. The van der Waals surface area contributed by atoms with Crippen molar-refractivity contribution in [3.05, 3.63) is 29.3 Å². The number of likely N-dealkylation sites (tertiary alicyclic amines) is 1. The van der Waals surface area contributed by atoms with Crippen LogP contribution in [0.4, 0.5) is 0 Å². The lowest BCUT2D eigenvalue weighted by molar-refractivity contribution is -0.149. The normalized spacial score (nSPS) is 17.8. The van der Waals surface area contributed by atoms with Crippen LogP contribution in [-0.4, -0.2) is 57.2 Å². The van der Waals surface area contributed by atoms with Crippen molar-refractivity contribution in [2.24, 2.45) is 10.9 Å². The average molecular weight is 361 g/mol. The molecule has 6 nitrogen and oxygen atoms in total. The van der Waals surface area contributed by atoms with E-state index < -0.39 is 0 Å². The fourth-order valence-corrected chi connectivity index (χ4v) is 3.37. The highest BCUT2D eigenvalue weighted by Crippen LogP contribution is 2.20. The molecule has 1 saturated heterocycles. The summed E-state index contributed by atoms with van der Waals surface area (Å²) in [7, 11) is 3.48. The summed E-state index contributed by atoms with van der Waals surface area (Å²) in [4.78, 5) is 18.6. The van der Waals surface area contributed by atoms with E-state index in [1.54, 1.807) is 14.2 Å². The molecule has 0 spiro atoms. The number of ether oxygens (including phenoxy) is 2. The molecule has 144 valence electrons. The van der Waals surface area contributed by atoms with Crippen LogP contribution in [-0.2, 0) is 16.0 Å². The molecule has 6 heteroatoms. The number of piperidine rings is 1. The van der Waals surface area contributed by atoms with E-state index in [0.717, 1.165) is 44.1 Å². The Bertz CT molecular complexity index is 631. The highest BCUT2D eigenvalue weighted by molar-refractivity contribution is 5.81. The van der Waals surface area contributed by atoms with E-state index in [1.165, 1.54) is 11.1 Å². The molecule has 1 fully saturated rings. The van der Waals surface area contributed by atoms with Crippen molar-refractivity contribution in [3.63, 3.8) is 0 Å². The molecule has 1 aliphatic heterocycles. The number of benzene rings is 1. The Morgan fingerprint density at radius 1 is 1.42 bits per heavy atom. The van der Waals surface area contributed by atoms with Crippen molar-refractivity contribution in [2.45, 2.75) is 33.1 Å². The van der Waals surface area contributed by atoms with Crippen LogP contribution >= 0.6 is 0 Å². The molecule has 1 atom stereocenters. The lowest BCUT2D eigenvalue weighted by atomic mass is 9.98. The van der Waals surface area contributed by atoms with Gasteiger partial charge in [-0.25, -0.2) is 0 Å². The monoisotopic (exact) mass is 361 g/mol. The van der Waals surface area contributed by atoms with Gasteiger partial charge < -0.3 is 19.7 Å². The standard InChI is InChI=1S/C20H31N3O3/c1-5-26-19(24)17-7-6-12-23(14-17)20(21-3)22-11-10-16-13-15(2)8-9-18(16)25-4/h8-9,13,17H,5-7,10-12,14H2,1-4H3,(H,21,22). The first-order valence-electron chi connectivity index (χ1n) is 9.34. The summed E-state index contributed by atoms with van der Waals surface area (Å²) < 4.78 is 10.6. The molecule has 0 saturated carbocycles. The van der Waals surface area contributed by atoms with E-state index >= 15 is 0 Å². The Labute approximate surface area is 156 Å². The third-order valence-electron chi connectivity index (χ3n) is 4.67. The van der Waals surface area contributed by atoms with Crippen LogP contribution in [0.2, 0.25) is 0 Å². The van der Waals surface area contributed by atoms with Gasteiger partial charge >= 0.3 is 5.97 Å². The second-order valence-corrected chi connectivity index (χ2v) is 6.58. The third kappa shape index (κ3) is 5.38. The van der Waals surface area contributed by atoms with Crippen LogP contribution in [0.1, 0.15) is 30.9 Å². The number of aryl methyl sites for hydroxylation is 1. The van der Waals surface area contributed by atoms with Gasteiger partial charge in [-0.1, -0.05) is 17.7 Å². The second-order valence-electron chi connectivity index (χ2n) is 6.58. The minimum atomic E-state index is -0.0999. The first-order valence-corrected chi connectivity index (χ1v) is 9.34. The Morgan fingerprint density at radius 2 is 2.23 bits per heavy atom. The van der Waals surface area contributed by atoms with Gasteiger partial charge in [0, 0.05) is 26.7 Å². The van der Waals surface area contributed by atoms with Gasteiger partial charge in [0.2, 0.25) is 0 Å². The number of nitrogens with one attached hydrogen (secondary N) is 1. The van der Waals surface area contributed by atoms with Crippen LogP contribution < -0.4 is 10.1 Å². The third-order valence-corrected chi connectivity index (χ3v) is 4.67. The Balaban J connectivity index is 1.91. The van der Waals surface area contributed by atoms with Gasteiger partial charge in [-0.05, 0) is 44.7 Å². The van der Waals surface area contributed by atoms with Gasteiger partial charge in [-0.15, -0.1) is 0 Å². The second kappa shape index (κ2) is 10.0. The maximum absolute atomic E-state index is 12.0. The van der Waals surface area contributed by atoms with Crippen LogP contribution in [0.3, 0.4) is 0 Å². The lowest BCUT2D eigenvalue weighted by Crippen LogP contribution is -2.48. The maximum atomic E-state index is 12.0. The summed E-state index contributed by atoms with van der Waals surface area (Å²) in [5.41, 5.74) is 2.40. The number of hydrogen-bond acceptors (Lipinski definition) is 4. The van der Waals surface area contributed by atoms with E-state index in [9.17, 15) is 4.79 Å². The molecule has 1 aliphatic rings. The average Bonchev–Trinajstić information content (AvgIpc) is 2.65. The number of aliphatic imine (C=N–C) groups is 1. The fraction of sp³-hybridized carbons (Fsp3) is 0.600. The summed E-state index contributed by atoms with van der Waals surface area (Å²) in [5, 5.41) is 3.42. The smallest absolute Gasteiger partial charge is 0.310 e. The molecule has 0 aromatic heterocycles. The molecule has 0 amide bonds. The van der Waals surface area contributed by atoms with E-state index in [0.29, 0.717) is 13.2 Å². The van der Waals surface area contributed by atoms with Crippen LogP contribution in [0.25, 0.3) is 0 Å². The molecular formula is C20H31N3O3. The molecule has 0 radical (unpaired) electrons. The van der Waals surface area contributed by atoms with Crippen LogP contribution in [0.5, 0.6) is 5.75 Å². The van der Waals surface area contributed by atoms with E-state index in [4.69, 9.17) is 9.47 Å². The molecule has 1 aromatic rings. The van der Waals surface area contributed by atoms with Crippen molar-refractivity contribution < 1.29 is 14.3 Å². The summed E-state index contributed by atoms with van der Waals surface area (Å²) in [5.74, 6) is 1.58. The molecule has 1 heterocycles. The van der Waals surface area contributed by atoms with Crippen molar-refractivity contribution in [3.8, 4) is 5.75 Å². The minimum Gasteiger partial charge on any atom is -0.496 e. The van der Waals surface area contributed by atoms with Gasteiger partial charge in [0.05, 0.1) is 19.6 Å². The number of methoxy groups -OCH3 is 1. The van der Waals surface area contributed by atoms with E-state index in [2.05, 4.69) is 34.3 Å². The Morgan fingerprint density at radius 3 is 2.92 bits per heavy atom. The predicted octanol–water partition coefficient (Wildman–Crippen LogP) is 2.40. The van der Waals surface area contributed by atoms with Crippen LogP contribution in [0.15, 0.2) is 23.2 Å². The molecule has 2 rings (SSSR count). The highest BCUT2D eigenvalue weighted by Gasteiger charge is 2.28. The number of guanidine groups is 1. The molecule has 0 bridgehead atoms. The zero-order chi connectivity index (χ0) is 18.9. The molecule has 1 aromatic carbocycles.